The molecule has 0 amide bonds. The van der Waals surface area contributed by atoms with Gasteiger partial charge < -0.3 is 41.5 Å². The van der Waals surface area contributed by atoms with Gasteiger partial charge >= 0.3 is 0 Å². The van der Waals surface area contributed by atoms with Crippen molar-refractivity contribution >= 4 is 11.5 Å². The molecule has 2 unspecified atom stereocenters. The number of nitrogens with two attached hydrogens (primary N) is 2. The van der Waals surface area contributed by atoms with Crippen LogP contribution in [0.4, 0.5) is 0 Å². The molecule has 0 aromatic heterocycles. The average Bonchev–Trinajstić information content (AvgIpc) is 3.53. The number of aryl methyl sites for hydroxylation is 1. The van der Waals surface area contributed by atoms with Gasteiger partial charge in [-0.3, -0.25) is 9.79 Å². The molecule has 10 heteroatoms. The third kappa shape index (κ3) is 8.27. The number of fused-ring (bicyclic) bond motifs is 1. The molecule has 226 valence electrons. The first-order chi connectivity index (χ1) is 20.2. The molecule has 0 bridgehead atoms. The molecule has 10 nitrogen and oxygen atoms in total. The summed E-state index contributed by atoms with van der Waals surface area (Å²) in [4.78, 5) is 18.9. The van der Waals surface area contributed by atoms with Gasteiger partial charge in [0, 0.05) is 37.2 Å². The van der Waals surface area contributed by atoms with E-state index in [1.807, 2.05) is 42.4 Å². The van der Waals surface area contributed by atoms with Crippen molar-refractivity contribution < 1.29 is 30.0 Å². The van der Waals surface area contributed by atoms with E-state index in [4.69, 9.17) is 16.2 Å². The minimum absolute atomic E-state index is 0.00454. The number of ketones is 1. The number of hydrogen-bond acceptors (Lipinski definition) is 10. The Hall–Kier alpha value is -3.54. The van der Waals surface area contributed by atoms with Crippen LogP contribution in [0.2, 0.25) is 0 Å². The number of aliphatic hydroxyl groups is 3. The minimum atomic E-state index is -0.849. The van der Waals surface area contributed by atoms with Crippen LogP contribution in [0.1, 0.15) is 67.4 Å². The lowest BCUT2D eigenvalue weighted by Gasteiger charge is -2.17. The summed E-state index contributed by atoms with van der Waals surface area (Å²) in [6.45, 7) is 2.62. The highest BCUT2D eigenvalue weighted by Crippen LogP contribution is 2.31. The first kappa shape index (κ1) is 31.4. The van der Waals surface area contributed by atoms with Crippen molar-refractivity contribution in [2.75, 3.05) is 13.3 Å². The summed E-state index contributed by atoms with van der Waals surface area (Å²) in [6.07, 6.45) is 4.69. The number of rotatable bonds is 16. The maximum absolute atomic E-state index is 12.4. The predicted molar refractivity (Wildman–Crippen MR) is 161 cm³/mol. The van der Waals surface area contributed by atoms with E-state index < -0.39 is 18.4 Å². The van der Waals surface area contributed by atoms with Crippen LogP contribution in [-0.4, -0.2) is 62.3 Å². The molecule has 2 aromatic carbocycles. The number of aromatic hydroxyl groups is 1. The fourth-order valence-corrected chi connectivity index (χ4v) is 5.26. The highest BCUT2D eigenvalue weighted by Gasteiger charge is 2.27. The summed E-state index contributed by atoms with van der Waals surface area (Å²) in [5.74, 6) is 0.244. The second kappa shape index (κ2) is 14.6. The van der Waals surface area contributed by atoms with Gasteiger partial charge in [-0.05, 0) is 59.2 Å². The fraction of sp³-hybridized carbons (Fsp3) is 0.438. The zero-order valence-corrected chi connectivity index (χ0v) is 24.1. The van der Waals surface area contributed by atoms with Crippen LogP contribution in [0.3, 0.4) is 0 Å². The number of aliphatic hydroxyl groups excluding tert-OH is 3. The second-order valence-corrected chi connectivity index (χ2v) is 11.1. The fourth-order valence-electron chi connectivity index (χ4n) is 5.26. The topological polar surface area (TPSA) is 175 Å². The molecule has 2 atom stereocenters. The van der Waals surface area contributed by atoms with Crippen molar-refractivity contribution in [3.63, 3.8) is 0 Å². The summed E-state index contributed by atoms with van der Waals surface area (Å²) in [6, 6.07) is 10.6. The summed E-state index contributed by atoms with van der Waals surface area (Å²) >= 11 is 0. The summed E-state index contributed by atoms with van der Waals surface area (Å²) in [5.41, 5.74) is 18.0. The lowest BCUT2D eigenvalue weighted by molar-refractivity contribution is -0.121. The third-order valence-corrected chi connectivity index (χ3v) is 7.60. The van der Waals surface area contributed by atoms with Crippen LogP contribution in [0.15, 0.2) is 64.9 Å². The van der Waals surface area contributed by atoms with Crippen LogP contribution in [0.5, 0.6) is 11.5 Å². The van der Waals surface area contributed by atoms with Gasteiger partial charge in [0.1, 0.15) is 5.78 Å². The van der Waals surface area contributed by atoms with Gasteiger partial charge in [0.25, 0.3) is 0 Å². The standard InChI is InChI=1S/C32H42N4O6/c1-2-3-25(38)13-27(40)14-26(39)8-4-20-5-9-30(41)31(10-20)42-19-36-16-28-24(15-35-29(28)17-36)12-23-11-21(32(33)34)6-7-22(23)18-37/h5-7,9-11,15-16,25,27,32,37-38,40-41H,2-4,8,12-14,17-19,33-34H2,1H3. The largest absolute Gasteiger partial charge is 0.504 e. The molecule has 0 spiro atoms. The van der Waals surface area contributed by atoms with Gasteiger partial charge in [0.2, 0.25) is 0 Å². The maximum Gasteiger partial charge on any atom is 0.163 e. The Morgan fingerprint density at radius 1 is 1.12 bits per heavy atom. The number of hydrogen-bond donors (Lipinski definition) is 6. The highest BCUT2D eigenvalue weighted by atomic mass is 16.5. The molecule has 2 aromatic rings. The van der Waals surface area contributed by atoms with E-state index in [0.717, 1.165) is 45.5 Å². The minimum Gasteiger partial charge on any atom is -0.504 e. The zero-order chi connectivity index (χ0) is 30.2. The number of benzene rings is 2. The van der Waals surface area contributed by atoms with Crippen molar-refractivity contribution in [3.05, 3.63) is 82.2 Å². The molecule has 2 heterocycles. The molecule has 0 fully saturated rings. The molecule has 0 radical (unpaired) electrons. The van der Waals surface area contributed by atoms with Gasteiger partial charge in [-0.2, -0.15) is 0 Å². The first-order valence-electron chi connectivity index (χ1n) is 14.4. The number of carbonyl (C=O) groups excluding carboxylic acids is 1. The molecular weight excluding hydrogens is 536 g/mol. The van der Waals surface area contributed by atoms with Crippen LogP contribution in [-0.2, 0) is 24.2 Å². The third-order valence-electron chi connectivity index (χ3n) is 7.60. The van der Waals surface area contributed by atoms with Gasteiger partial charge in [0.15, 0.2) is 18.2 Å². The average molecular weight is 579 g/mol. The highest BCUT2D eigenvalue weighted by molar-refractivity contribution is 6.09. The molecule has 0 aliphatic carbocycles. The van der Waals surface area contributed by atoms with Crippen molar-refractivity contribution in [2.24, 2.45) is 16.5 Å². The molecule has 0 saturated carbocycles. The van der Waals surface area contributed by atoms with E-state index in [0.29, 0.717) is 31.6 Å². The molecule has 2 aliphatic rings. The van der Waals surface area contributed by atoms with Crippen LogP contribution < -0.4 is 16.2 Å². The maximum atomic E-state index is 12.4. The predicted octanol–water partition coefficient (Wildman–Crippen LogP) is 2.72. The number of nitrogens with zero attached hydrogens (tertiary/aromatic N) is 2. The van der Waals surface area contributed by atoms with Crippen molar-refractivity contribution in [2.45, 2.75) is 76.9 Å². The van der Waals surface area contributed by atoms with Crippen LogP contribution >= 0.6 is 0 Å². The van der Waals surface area contributed by atoms with Crippen LogP contribution in [0, 0.1) is 0 Å². The number of phenolic OH excluding ortho intramolecular Hbond substituents is 1. The zero-order valence-electron chi connectivity index (χ0n) is 24.1. The number of ether oxygens (including phenoxy) is 1. The molecule has 0 saturated heterocycles. The van der Waals surface area contributed by atoms with E-state index in [1.165, 1.54) is 0 Å². The Labute approximate surface area is 246 Å². The smallest absolute Gasteiger partial charge is 0.163 e. The summed E-state index contributed by atoms with van der Waals surface area (Å²) in [7, 11) is 0. The van der Waals surface area contributed by atoms with E-state index in [1.54, 1.807) is 18.2 Å². The SMILES string of the molecule is CCCC(O)CC(O)CC(=O)CCc1ccc(O)c(OCN2C=C3C(Cc4cc(C(N)N)ccc4CO)=CN=C3C2)c1. The Morgan fingerprint density at radius 2 is 1.93 bits per heavy atom. The van der Waals surface area contributed by atoms with Gasteiger partial charge in [-0.25, -0.2) is 0 Å². The Morgan fingerprint density at radius 3 is 2.67 bits per heavy atom. The molecule has 8 N–H and O–H groups in total. The number of Topliss-reactive ketones (excluding diaryl/α,β-unsaturated/α-hetero) is 1. The first-order valence-corrected chi connectivity index (χ1v) is 14.4. The number of aliphatic imine (C=N–C) groups is 1. The lowest BCUT2D eigenvalue weighted by atomic mass is 9.94. The quantitative estimate of drug-likeness (QED) is 0.164. The van der Waals surface area contributed by atoms with Crippen molar-refractivity contribution in [1.29, 1.82) is 0 Å². The molecule has 4 rings (SSSR count). The van der Waals surface area contributed by atoms with Gasteiger partial charge in [-0.1, -0.05) is 37.6 Å². The van der Waals surface area contributed by atoms with E-state index >= 15 is 0 Å². The monoisotopic (exact) mass is 578 g/mol. The summed E-state index contributed by atoms with van der Waals surface area (Å²) < 4.78 is 5.94. The molecule has 2 aliphatic heterocycles. The van der Waals surface area contributed by atoms with Crippen molar-refractivity contribution in [1.82, 2.24) is 4.90 Å². The molecule has 42 heavy (non-hydrogen) atoms. The Balaban J connectivity index is 1.31. The van der Waals surface area contributed by atoms with Crippen molar-refractivity contribution in [3.8, 4) is 11.5 Å². The van der Waals surface area contributed by atoms with Gasteiger partial charge in [-0.15, -0.1) is 0 Å². The van der Waals surface area contributed by atoms with E-state index in [2.05, 4.69) is 4.99 Å². The van der Waals surface area contributed by atoms with E-state index in [-0.39, 0.29) is 44.1 Å². The number of carbonyl (C=O) groups is 1. The van der Waals surface area contributed by atoms with Gasteiger partial charge in [0.05, 0.1) is 37.2 Å². The number of allylic oxidation sites excluding steroid dienone is 1. The second-order valence-electron chi connectivity index (χ2n) is 11.1. The van der Waals surface area contributed by atoms with E-state index in [9.17, 15) is 25.2 Å². The van der Waals surface area contributed by atoms with Crippen LogP contribution in [0.25, 0.3) is 0 Å². The normalized spacial score (nSPS) is 15.8. The number of phenols is 1. The summed E-state index contributed by atoms with van der Waals surface area (Å²) in [5, 5.41) is 40.1. The Bertz CT molecular complexity index is 1350. The molecular formula is C32H42N4O6. The Kier molecular flexibility index (Phi) is 10.9. The lowest BCUT2D eigenvalue weighted by Crippen LogP contribution is -2.23.